The fraction of sp³-hybridized carbons (Fsp3) is 0.0943. The third-order valence-corrected chi connectivity index (χ3v) is 16.4. The molecule has 1 heteroatoms. The fourth-order valence-electron chi connectivity index (χ4n) is 10.2. The van der Waals surface area contributed by atoms with Crippen LogP contribution in [0.15, 0.2) is 170 Å². The molecule has 11 rings (SSSR count). The Kier molecular flexibility index (Phi) is 6.56. The molecule has 0 radical (unpaired) electrons. The lowest BCUT2D eigenvalue weighted by atomic mass is 9.80. The molecule has 0 N–H and O–H groups in total. The van der Waals surface area contributed by atoms with Gasteiger partial charge in [-0.2, -0.15) is 0 Å². The van der Waals surface area contributed by atoms with Gasteiger partial charge in [0.25, 0.3) is 0 Å². The molecule has 54 heavy (non-hydrogen) atoms. The molecule has 0 fully saturated rings. The topological polar surface area (TPSA) is 0 Å². The molecule has 2 aliphatic rings. The van der Waals surface area contributed by atoms with Crippen molar-refractivity contribution in [2.24, 2.45) is 0 Å². The van der Waals surface area contributed by atoms with Crippen LogP contribution in [0.2, 0.25) is 13.1 Å². The number of rotatable bonds is 3. The molecule has 0 amide bonds. The van der Waals surface area contributed by atoms with E-state index in [1.807, 2.05) is 0 Å². The summed E-state index contributed by atoms with van der Waals surface area (Å²) in [7, 11) is -1.78. The van der Waals surface area contributed by atoms with Gasteiger partial charge < -0.3 is 0 Å². The Balaban J connectivity index is 1.23. The zero-order valence-corrected chi connectivity index (χ0v) is 32.2. The molecule has 256 valence electrons. The first-order valence-corrected chi connectivity index (χ1v) is 22.3. The molecule has 1 heterocycles. The maximum Gasteiger partial charge on any atom is 0.113 e. The summed E-state index contributed by atoms with van der Waals surface area (Å²) >= 11 is 0. The summed E-state index contributed by atoms with van der Waals surface area (Å²) in [6.45, 7) is 9.77. The molecular formula is C53H40Si. The highest BCUT2D eigenvalue weighted by Crippen LogP contribution is 2.52. The maximum atomic E-state index is 2.50. The van der Waals surface area contributed by atoms with Crippen LogP contribution in [0.4, 0.5) is 0 Å². The van der Waals surface area contributed by atoms with E-state index in [1.54, 1.807) is 5.19 Å². The van der Waals surface area contributed by atoms with Gasteiger partial charge in [-0.1, -0.05) is 179 Å². The highest BCUT2D eigenvalue weighted by atomic mass is 28.3. The Morgan fingerprint density at radius 1 is 0.352 bits per heavy atom. The third kappa shape index (κ3) is 4.31. The monoisotopic (exact) mass is 704 g/mol. The quantitative estimate of drug-likeness (QED) is 0.127. The van der Waals surface area contributed by atoms with Crippen molar-refractivity contribution in [2.45, 2.75) is 32.4 Å². The van der Waals surface area contributed by atoms with Crippen molar-refractivity contribution in [1.29, 1.82) is 0 Å². The lowest BCUT2D eigenvalue weighted by molar-refractivity contribution is 0.660. The van der Waals surface area contributed by atoms with Gasteiger partial charge in [-0.05, 0) is 128 Å². The first-order valence-electron chi connectivity index (χ1n) is 19.3. The van der Waals surface area contributed by atoms with E-state index in [2.05, 4.69) is 197 Å². The molecule has 0 saturated heterocycles. The summed E-state index contributed by atoms with van der Waals surface area (Å²) in [4.78, 5) is 0. The molecular weight excluding hydrogens is 665 g/mol. The minimum absolute atomic E-state index is 0.0839. The standard InChI is InChI=1S/C53H40Si/c1-53(2)47-22-11-9-17-39(47)40-27-25-36(32-48(40)53)52-43-20-8-7-19-42(43)51(35-26-29-50-45(31-35)41-18-10-12-23-49(41)54(50,3)4)44-28-24-34(30-46(44)52)38-21-13-15-33-14-5-6-16-37(33)38/h5-32H,1-4H3. The van der Waals surface area contributed by atoms with Gasteiger partial charge in [-0.15, -0.1) is 0 Å². The summed E-state index contributed by atoms with van der Waals surface area (Å²) in [6.07, 6.45) is 0. The van der Waals surface area contributed by atoms with Crippen molar-refractivity contribution in [3.05, 3.63) is 181 Å². The molecule has 0 unspecified atom stereocenters. The minimum atomic E-state index is -1.78. The molecule has 9 aromatic rings. The minimum Gasteiger partial charge on any atom is -0.0623 e. The summed E-state index contributed by atoms with van der Waals surface area (Å²) in [6, 6.07) is 64.5. The van der Waals surface area contributed by atoms with Crippen molar-refractivity contribution in [1.82, 2.24) is 0 Å². The summed E-state index contributed by atoms with van der Waals surface area (Å²) < 4.78 is 0. The molecule has 0 bridgehead atoms. The number of fused-ring (bicyclic) bond motifs is 9. The van der Waals surface area contributed by atoms with Crippen LogP contribution in [0.3, 0.4) is 0 Å². The van der Waals surface area contributed by atoms with Crippen LogP contribution in [0.5, 0.6) is 0 Å². The van der Waals surface area contributed by atoms with E-state index in [0.717, 1.165) is 0 Å². The van der Waals surface area contributed by atoms with Crippen molar-refractivity contribution in [3.8, 4) is 55.6 Å². The van der Waals surface area contributed by atoms with Crippen molar-refractivity contribution >= 4 is 50.8 Å². The van der Waals surface area contributed by atoms with Gasteiger partial charge >= 0.3 is 0 Å². The Bertz CT molecular complexity index is 3040. The second kappa shape index (κ2) is 11.2. The molecule has 0 nitrogen and oxygen atoms in total. The molecule has 1 aliphatic carbocycles. The van der Waals surface area contributed by atoms with Crippen molar-refractivity contribution < 1.29 is 0 Å². The molecule has 0 saturated carbocycles. The Morgan fingerprint density at radius 2 is 0.907 bits per heavy atom. The average molecular weight is 705 g/mol. The van der Waals surface area contributed by atoms with E-state index in [4.69, 9.17) is 0 Å². The predicted molar refractivity (Wildman–Crippen MR) is 235 cm³/mol. The fourth-order valence-corrected chi connectivity index (χ4v) is 13.3. The molecule has 1 aliphatic heterocycles. The second-order valence-corrected chi connectivity index (χ2v) is 20.8. The number of benzene rings is 9. The molecule has 0 aromatic heterocycles. The Hall–Kier alpha value is -6.02. The average Bonchev–Trinajstić information content (AvgIpc) is 3.58. The maximum absolute atomic E-state index is 2.50. The largest absolute Gasteiger partial charge is 0.113 e. The van der Waals surface area contributed by atoms with Crippen molar-refractivity contribution in [2.75, 3.05) is 0 Å². The van der Waals surface area contributed by atoms with Gasteiger partial charge in [0.15, 0.2) is 0 Å². The summed E-state index contributed by atoms with van der Waals surface area (Å²) in [5.74, 6) is 0. The van der Waals surface area contributed by atoms with E-state index < -0.39 is 8.07 Å². The van der Waals surface area contributed by atoms with Crippen LogP contribution in [-0.4, -0.2) is 8.07 Å². The Morgan fingerprint density at radius 3 is 1.74 bits per heavy atom. The van der Waals surface area contributed by atoms with Crippen LogP contribution in [0, 0.1) is 0 Å². The third-order valence-electron chi connectivity index (χ3n) is 12.9. The van der Waals surface area contributed by atoms with Gasteiger partial charge in [-0.3, -0.25) is 0 Å². The summed E-state index contributed by atoms with van der Waals surface area (Å²) in [5, 5.41) is 10.8. The lowest BCUT2D eigenvalue weighted by Gasteiger charge is -2.23. The predicted octanol–water partition coefficient (Wildman–Crippen LogP) is 13.3. The van der Waals surface area contributed by atoms with Crippen LogP contribution < -0.4 is 10.4 Å². The first kappa shape index (κ1) is 31.5. The SMILES string of the molecule is CC1(C)c2ccccc2-c2ccc(-c3c4ccccc4c(-c4ccc5c(c4)-c4ccccc4[Si]5(C)C)c4ccc(-c5cccc6ccccc56)cc34)cc21. The van der Waals surface area contributed by atoms with E-state index >= 15 is 0 Å². The van der Waals surface area contributed by atoms with Crippen LogP contribution >= 0.6 is 0 Å². The van der Waals surface area contributed by atoms with Crippen LogP contribution in [-0.2, 0) is 5.41 Å². The first-order chi connectivity index (χ1) is 26.3. The molecule has 0 atom stereocenters. The Labute approximate surface area is 318 Å². The van der Waals surface area contributed by atoms with Crippen LogP contribution in [0.25, 0.3) is 88.0 Å². The van der Waals surface area contributed by atoms with Gasteiger partial charge in [0.05, 0.1) is 0 Å². The van der Waals surface area contributed by atoms with E-state index in [1.165, 1.54) is 104 Å². The van der Waals surface area contributed by atoms with Gasteiger partial charge in [0.1, 0.15) is 8.07 Å². The van der Waals surface area contributed by atoms with Crippen LogP contribution in [0.1, 0.15) is 25.0 Å². The number of hydrogen-bond donors (Lipinski definition) is 0. The zero-order valence-electron chi connectivity index (χ0n) is 31.2. The van der Waals surface area contributed by atoms with Gasteiger partial charge in [0.2, 0.25) is 0 Å². The summed E-state index contributed by atoms with van der Waals surface area (Å²) in [5.41, 5.74) is 15.9. The van der Waals surface area contributed by atoms with E-state index in [0.29, 0.717) is 0 Å². The smallest absolute Gasteiger partial charge is 0.0623 e. The van der Waals surface area contributed by atoms with E-state index in [-0.39, 0.29) is 5.41 Å². The second-order valence-electron chi connectivity index (χ2n) is 16.4. The van der Waals surface area contributed by atoms with Gasteiger partial charge in [0, 0.05) is 5.41 Å². The number of hydrogen-bond acceptors (Lipinski definition) is 0. The highest BCUT2D eigenvalue weighted by molar-refractivity contribution is 7.03. The lowest BCUT2D eigenvalue weighted by Crippen LogP contribution is -2.49. The van der Waals surface area contributed by atoms with Crippen molar-refractivity contribution in [3.63, 3.8) is 0 Å². The zero-order chi connectivity index (χ0) is 36.3. The highest BCUT2D eigenvalue weighted by Gasteiger charge is 2.38. The van der Waals surface area contributed by atoms with E-state index in [9.17, 15) is 0 Å². The van der Waals surface area contributed by atoms with Gasteiger partial charge in [-0.25, -0.2) is 0 Å². The molecule has 0 spiro atoms. The molecule has 9 aromatic carbocycles. The normalized spacial score (nSPS) is 14.6.